The van der Waals surface area contributed by atoms with E-state index < -0.39 is 0 Å². The molecular weight excluding hydrogens is 382 g/mol. The van der Waals surface area contributed by atoms with Crippen molar-refractivity contribution in [2.24, 2.45) is 5.10 Å². The van der Waals surface area contributed by atoms with Gasteiger partial charge in [0.1, 0.15) is 0 Å². The number of ether oxygens (including phenoxy) is 1. The SMILES string of the molecule is COc1nc(NN=Cc2cn(C(C)=O)c3ccccc23)nc(N(C(C)C)C(C)C)n1. The number of carbonyl (C=O) groups is 1. The number of hydrazone groups is 1. The molecule has 0 aliphatic carbocycles. The van der Waals surface area contributed by atoms with E-state index in [0.29, 0.717) is 5.95 Å². The van der Waals surface area contributed by atoms with Gasteiger partial charge in [-0.25, -0.2) is 5.43 Å². The molecule has 2 aromatic heterocycles. The predicted octanol–water partition coefficient (Wildman–Crippen LogP) is 3.56. The molecule has 0 fully saturated rings. The van der Waals surface area contributed by atoms with Crippen LogP contribution in [0, 0.1) is 0 Å². The van der Waals surface area contributed by atoms with Crippen molar-refractivity contribution in [3.05, 3.63) is 36.0 Å². The van der Waals surface area contributed by atoms with Crippen molar-refractivity contribution < 1.29 is 9.53 Å². The van der Waals surface area contributed by atoms with E-state index in [0.717, 1.165) is 16.5 Å². The van der Waals surface area contributed by atoms with Gasteiger partial charge in [0, 0.05) is 36.2 Å². The van der Waals surface area contributed by atoms with Gasteiger partial charge in [-0.15, -0.1) is 0 Å². The summed E-state index contributed by atoms with van der Waals surface area (Å²) in [6.45, 7) is 9.83. The minimum absolute atomic E-state index is 0.0619. The predicted molar refractivity (Wildman–Crippen MR) is 119 cm³/mol. The van der Waals surface area contributed by atoms with Gasteiger partial charge in [-0.3, -0.25) is 9.36 Å². The maximum Gasteiger partial charge on any atom is 0.322 e. The Morgan fingerprint density at radius 1 is 1.17 bits per heavy atom. The second-order valence-corrected chi connectivity index (χ2v) is 7.40. The quantitative estimate of drug-likeness (QED) is 0.471. The number of para-hydroxylation sites is 1. The number of fused-ring (bicyclic) bond motifs is 1. The zero-order valence-corrected chi connectivity index (χ0v) is 18.1. The molecule has 3 rings (SSSR count). The maximum absolute atomic E-state index is 11.9. The Hall–Kier alpha value is -3.49. The van der Waals surface area contributed by atoms with Crippen LogP contribution in [-0.4, -0.2) is 50.8 Å². The molecule has 158 valence electrons. The fourth-order valence-electron chi connectivity index (χ4n) is 3.39. The van der Waals surface area contributed by atoms with Crippen LogP contribution in [-0.2, 0) is 0 Å². The number of benzene rings is 1. The van der Waals surface area contributed by atoms with E-state index in [1.807, 2.05) is 24.3 Å². The molecule has 0 aliphatic rings. The number of nitrogens with zero attached hydrogens (tertiary/aromatic N) is 6. The molecule has 9 heteroatoms. The van der Waals surface area contributed by atoms with Crippen LogP contribution < -0.4 is 15.1 Å². The summed E-state index contributed by atoms with van der Waals surface area (Å²) >= 11 is 0. The Balaban J connectivity index is 1.91. The van der Waals surface area contributed by atoms with Crippen LogP contribution >= 0.6 is 0 Å². The number of anilines is 2. The van der Waals surface area contributed by atoms with Crippen molar-refractivity contribution in [1.29, 1.82) is 0 Å². The third-order valence-corrected chi connectivity index (χ3v) is 4.58. The summed E-state index contributed by atoms with van der Waals surface area (Å²) in [5, 5.41) is 5.20. The van der Waals surface area contributed by atoms with Gasteiger partial charge in [-0.05, 0) is 33.8 Å². The highest BCUT2D eigenvalue weighted by molar-refractivity contribution is 6.03. The van der Waals surface area contributed by atoms with Gasteiger partial charge in [0.25, 0.3) is 5.95 Å². The van der Waals surface area contributed by atoms with Crippen LogP contribution in [0.3, 0.4) is 0 Å². The van der Waals surface area contributed by atoms with Crippen molar-refractivity contribution in [3.8, 4) is 6.01 Å². The number of hydrogen-bond donors (Lipinski definition) is 1. The molecule has 0 amide bonds. The van der Waals surface area contributed by atoms with Crippen LogP contribution in [0.2, 0.25) is 0 Å². The minimum atomic E-state index is -0.0619. The van der Waals surface area contributed by atoms with E-state index in [4.69, 9.17) is 4.74 Å². The summed E-state index contributed by atoms with van der Waals surface area (Å²) in [6, 6.07) is 8.27. The lowest BCUT2D eigenvalue weighted by Crippen LogP contribution is -2.38. The number of methoxy groups -OCH3 is 1. The Bertz CT molecular complexity index is 1060. The molecule has 3 aromatic rings. The highest BCUT2D eigenvalue weighted by Crippen LogP contribution is 2.21. The molecule has 0 radical (unpaired) electrons. The van der Waals surface area contributed by atoms with Gasteiger partial charge in [-0.1, -0.05) is 18.2 Å². The van der Waals surface area contributed by atoms with Gasteiger partial charge in [0.15, 0.2) is 0 Å². The molecule has 0 saturated carbocycles. The Kier molecular flexibility index (Phi) is 6.29. The lowest BCUT2D eigenvalue weighted by Gasteiger charge is -2.30. The average Bonchev–Trinajstić information content (AvgIpc) is 3.06. The van der Waals surface area contributed by atoms with Crippen molar-refractivity contribution in [2.45, 2.75) is 46.7 Å². The van der Waals surface area contributed by atoms with E-state index in [9.17, 15) is 4.79 Å². The van der Waals surface area contributed by atoms with E-state index in [2.05, 4.69) is 58.1 Å². The molecular formula is C21H27N7O2. The first-order valence-electron chi connectivity index (χ1n) is 9.80. The van der Waals surface area contributed by atoms with Gasteiger partial charge >= 0.3 is 6.01 Å². The largest absolute Gasteiger partial charge is 0.467 e. The highest BCUT2D eigenvalue weighted by Gasteiger charge is 2.19. The van der Waals surface area contributed by atoms with Crippen LogP contribution in [0.15, 0.2) is 35.6 Å². The highest BCUT2D eigenvalue weighted by atomic mass is 16.5. The normalized spacial score (nSPS) is 11.6. The maximum atomic E-state index is 11.9. The van der Waals surface area contributed by atoms with Crippen molar-refractivity contribution in [1.82, 2.24) is 19.5 Å². The summed E-state index contributed by atoms with van der Waals surface area (Å²) in [5.74, 6) is 0.723. The third-order valence-electron chi connectivity index (χ3n) is 4.58. The average molecular weight is 409 g/mol. The Labute approximate surface area is 175 Å². The van der Waals surface area contributed by atoms with E-state index >= 15 is 0 Å². The summed E-state index contributed by atoms with van der Waals surface area (Å²) in [6.07, 6.45) is 3.40. The van der Waals surface area contributed by atoms with Crippen molar-refractivity contribution in [3.63, 3.8) is 0 Å². The summed E-state index contributed by atoms with van der Waals surface area (Å²) in [7, 11) is 1.51. The number of carbonyl (C=O) groups excluding carboxylic acids is 1. The fourth-order valence-corrected chi connectivity index (χ4v) is 3.39. The molecule has 0 bridgehead atoms. The molecule has 2 heterocycles. The minimum Gasteiger partial charge on any atom is -0.467 e. The van der Waals surface area contributed by atoms with Crippen LogP contribution in [0.1, 0.15) is 45.0 Å². The fraction of sp³-hybridized carbons (Fsp3) is 0.381. The molecule has 0 unspecified atom stereocenters. The summed E-state index contributed by atoms with van der Waals surface area (Å²) in [4.78, 5) is 27.1. The summed E-state index contributed by atoms with van der Waals surface area (Å²) < 4.78 is 6.84. The third kappa shape index (κ3) is 4.40. The van der Waals surface area contributed by atoms with Gasteiger partial charge < -0.3 is 9.64 Å². The molecule has 30 heavy (non-hydrogen) atoms. The number of hydrogen-bond acceptors (Lipinski definition) is 8. The second-order valence-electron chi connectivity index (χ2n) is 7.40. The first kappa shape index (κ1) is 21.2. The second kappa shape index (κ2) is 8.89. The van der Waals surface area contributed by atoms with Crippen molar-refractivity contribution >= 4 is 34.9 Å². The molecule has 1 aromatic carbocycles. The van der Waals surface area contributed by atoms with Crippen LogP contribution in [0.25, 0.3) is 10.9 Å². The van der Waals surface area contributed by atoms with E-state index in [1.165, 1.54) is 14.0 Å². The molecule has 0 saturated heterocycles. The molecule has 0 aliphatic heterocycles. The van der Waals surface area contributed by atoms with Gasteiger partial charge in [0.05, 0.1) is 18.8 Å². The van der Waals surface area contributed by atoms with E-state index in [-0.39, 0.29) is 29.9 Å². The van der Waals surface area contributed by atoms with Crippen molar-refractivity contribution in [2.75, 3.05) is 17.4 Å². The lowest BCUT2D eigenvalue weighted by atomic mass is 10.2. The lowest BCUT2D eigenvalue weighted by molar-refractivity contribution is 0.0941. The van der Waals surface area contributed by atoms with E-state index in [1.54, 1.807) is 17.0 Å². The summed E-state index contributed by atoms with van der Waals surface area (Å²) in [5.41, 5.74) is 4.49. The zero-order valence-electron chi connectivity index (χ0n) is 18.1. The Morgan fingerprint density at radius 3 is 2.50 bits per heavy atom. The van der Waals surface area contributed by atoms with Gasteiger partial charge in [-0.2, -0.15) is 20.1 Å². The number of aromatic nitrogens is 4. The molecule has 0 atom stereocenters. The molecule has 9 nitrogen and oxygen atoms in total. The topological polar surface area (TPSA) is 97.5 Å². The zero-order chi connectivity index (χ0) is 21.8. The van der Waals surface area contributed by atoms with Gasteiger partial charge in [0.2, 0.25) is 11.9 Å². The molecule has 1 N–H and O–H groups in total. The number of rotatable bonds is 7. The van der Waals surface area contributed by atoms with Crippen LogP contribution in [0.4, 0.5) is 11.9 Å². The standard InChI is InChI=1S/C21H27N7O2/c1-13(2)28(14(3)4)20-23-19(24-21(25-20)30-6)26-22-11-16-12-27(15(5)29)18-10-8-7-9-17(16)18/h7-14H,1-6H3,(H,23,24,25,26). The number of nitrogens with one attached hydrogen (secondary N) is 1. The first-order valence-corrected chi connectivity index (χ1v) is 9.80. The smallest absolute Gasteiger partial charge is 0.322 e. The Morgan fingerprint density at radius 2 is 1.87 bits per heavy atom. The molecule has 0 spiro atoms. The van der Waals surface area contributed by atoms with Crippen LogP contribution in [0.5, 0.6) is 6.01 Å². The monoisotopic (exact) mass is 409 g/mol. The first-order chi connectivity index (χ1) is 14.3.